The Kier molecular flexibility index (Phi) is 6.07. The highest BCUT2D eigenvalue weighted by Crippen LogP contribution is 2.20. The maximum Gasteiger partial charge on any atom is 0.119 e. The van der Waals surface area contributed by atoms with E-state index < -0.39 is 0 Å². The van der Waals surface area contributed by atoms with Crippen LogP contribution in [0.25, 0.3) is 0 Å². The molecule has 1 aliphatic heterocycles. The fraction of sp³-hybridized carbons (Fsp3) is 0.667. The van der Waals surface area contributed by atoms with E-state index in [1.165, 1.54) is 31.5 Å². The number of nitrogens with zero attached hydrogens (tertiary/aromatic N) is 1. The van der Waals surface area contributed by atoms with Crippen LogP contribution in [0.4, 0.5) is 0 Å². The van der Waals surface area contributed by atoms with E-state index in [0.717, 1.165) is 12.4 Å². The number of ether oxygens (including phenoxy) is 1. The molecule has 3 heteroatoms. The summed E-state index contributed by atoms with van der Waals surface area (Å²) in [7, 11) is 0. The first-order chi connectivity index (χ1) is 10.1. The second kappa shape index (κ2) is 7.81. The lowest BCUT2D eigenvalue weighted by molar-refractivity contribution is 0.157. The van der Waals surface area contributed by atoms with Crippen LogP contribution in [0.3, 0.4) is 0 Å². The van der Waals surface area contributed by atoms with Gasteiger partial charge in [0.1, 0.15) is 5.75 Å². The van der Waals surface area contributed by atoms with E-state index in [9.17, 15) is 0 Å². The second-order valence-corrected chi connectivity index (χ2v) is 6.29. The van der Waals surface area contributed by atoms with Gasteiger partial charge < -0.3 is 15.0 Å². The molecule has 0 amide bonds. The summed E-state index contributed by atoms with van der Waals surface area (Å²) < 4.78 is 5.50. The van der Waals surface area contributed by atoms with E-state index in [4.69, 9.17) is 4.74 Å². The van der Waals surface area contributed by atoms with E-state index in [-0.39, 0.29) is 0 Å². The number of nitrogens with one attached hydrogen (secondary N) is 1. The lowest BCUT2D eigenvalue weighted by Crippen LogP contribution is -2.45. The van der Waals surface area contributed by atoms with Gasteiger partial charge in [0, 0.05) is 18.1 Å². The SMILES string of the molecule is CCOc1ccc(C(C)NC2CCN(C(C)C)CC2)cc1. The average Bonchev–Trinajstić information content (AvgIpc) is 2.49. The lowest BCUT2D eigenvalue weighted by Gasteiger charge is -2.36. The standard InChI is InChI=1S/C18H30N2O/c1-5-21-18-8-6-16(7-9-18)15(4)19-17-10-12-20(13-11-17)14(2)3/h6-9,14-15,17,19H,5,10-13H2,1-4H3. The predicted molar refractivity (Wildman–Crippen MR) is 88.9 cm³/mol. The van der Waals surface area contributed by atoms with Crippen LogP contribution in [0.15, 0.2) is 24.3 Å². The summed E-state index contributed by atoms with van der Waals surface area (Å²) in [5.74, 6) is 0.957. The smallest absolute Gasteiger partial charge is 0.119 e. The molecule has 1 heterocycles. The molecule has 21 heavy (non-hydrogen) atoms. The quantitative estimate of drug-likeness (QED) is 0.866. The Bertz CT molecular complexity index is 408. The van der Waals surface area contributed by atoms with Crippen molar-refractivity contribution in [2.45, 2.75) is 58.7 Å². The fourth-order valence-corrected chi connectivity index (χ4v) is 3.05. The number of rotatable bonds is 6. The Balaban J connectivity index is 1.83. The number of benzene rings is 1. The topological polar surface area (TPSA) is 24.5 Å². The van der Waals surface area contributed by atoms with Gasteiger partial charge in [0.25, 0.3) is 0 Å². The molecule has 1 atom stereocenters. The molecule has 0 aromatic heterocycles. The van der Waals surface area contributed by atoms with Gasteiger partial charge in [-0.15, -0.1) is 0 Å². The minimum atomic E-state index is 0.399. The Morgan fingerprint density at radius 2 is 1.76 bits per heavy atom. The molecule has 2 rings (SSSR count). The third-order valence-electron chi connectivity index (χ3n) is 4.44. The zero-order valence-corrected chi connectivity index (χ0v) is 13.9. The molecule has 1 aromatic carbocycles. The van der Waals surface area contributed by atoms with Crippen molar-refractivity contribution in [1.29, 1.82) is 0 Å². The molecule has 1 fully saturated rings. The van der Waals surface area contributed by atoms with Crippen LogP contribution in [0.2, 0.25) is 0 Å². The summed E-state index contributed by atoms with van der Waals surface area (Å²) in [5, 5.41) is 3.78. The molecule has 1 saturated heterocycles. The van der Waals surface area contributed by atoms with Crippen molar-refractivity contribution >= 4 is 0 Å². The van der Waals surface area contributed by atoms with Gasteiger partial charge in [-0.3, -0.25) is 0 Å². The highest BCUT2D eigenvalue weighted by atomic mass is 16.5. The summed E-state index contributed by atoms with van der Waals surface area (Å²) in [4.78, 5) is 2.57. The molecule has 0 saturated carbocycles. The zero-order valence-electron chi connectivity index (χ0n) is 13.9. The van der Waals surface area contributed by atoms with Crippen molar-refractivity contribution in [3.8, 4) is 5.75 Å². The van der Waals surface area contributed by atoms with Crippen molar-refractivity contribution in [2.75, 3.05) is 19.7 Å². The van der Waals surface area contributed by atoms with Gasteiger partial charge in [-0.2, -0.15) is 0 Å². The first kappa shape index (κ1) is 16.3. The van der Waals surface area contributed by atoms with E-state index in [2.05, 4.69) is 55.3 Å². The molecule has 118 valence electrons. The van der Waals surface area contributed by atoms with Crippen LogP contribution in [-0.4, -0.2) is 36.7 Å². The minimum absolute atomic E-state index is 0.399. The number of hydrogen-bond donors (Lipinski definition) is 1. The van der Waals surface area contributed by atoms with Gasteiger partial charge in [0.15, 0.2) is 0 Å². The highest BCUT2D eigenvalue weighted by Gasteiger charge is 2.22. The van der Waals surface area contributed by atoms with E-state index in [0.29, 0.717) is 18.1 Å². The molecule has 0 spiro atoms. The van der Waals surface area contributed by atoms with Crippen LogP contribution >= 0.6 is 0 Å². The normalized spacial score (nSPS) is 18.9. The molecule has 1 N–H and O–H groups in total. The number of likely N-dealkylation sites (tertiary alicyclic amines) is 1. The maximum atomic E-state index is 5.50. The lowest BCUT2D eigenvalue weighted by atomic mass is 10.0. The van der Waals surface area contributed by atoms with Crippen LogP contribution in [0.1, 0.15) is 52.1 Å². The molecule has 3 nitrogen and oxygen atoms in total. The maximum absolute atomic E-state index is 5.50. The van der Waals surface area contributed by atoms with Crippen LogP contribution < -0.4 is 10.1 Å². The third kappa shape index (κ3) is 4.72. The first-order valence-electron chi connectivity index (χ1n) is 8.33. The molecule has 0 bridgehead atoms. The van der Waals surface area contributed by atoms with E-state index in [1.54, 1.807) is 0 Å². The zero-order chi connectivity index (χ0) is 15.2. The largest absolute Gasteiger partial charge is 0.494 e. The summed E-state index contributed by atoms with van der Waals surface area (Å²) in [6.45, 7) is 12.0. The van der Waals surface area contributed by atoms with Crippen molar-refractivity contribution in [3.05, 3.63) is 29.8 Å². The van der Waals surface area contributed by atoms with Gasteiger partial charge >= 0.3 is 0 Å². The molecular weight excluding hydrogens is 260 g/mol. The summed E-state index contributed by atoms with van der Waals surface area (Å²) in [6.07, 6.45) is 2.50. The highest BCUT2D eigenvalue weighted by molar-refractivity contribution is 5.29. The molecular formula is C18H30N2O. The summed E-state index contributed by atoms with van der Waals surface area (Å²) in [6, 6.07) is 10.2. The Labute approximate surface area is 129 Å². The molecule has 1 unspecified atom stereocenters. The van der Waals surface area contributed by atoms with Gasteiger partial charge in [-0.05, 0) is 71.3 Å². The van der Waals surface area contributed by atoms with Gasteiger partial charge in [0.05, 0.1) is 6.61 Å². The first-order valence-corrected chi connectivity index (χ1v) is 8.33. The van der Waals surface area contributed by atoms with Gasteiger partial charge in [0.2, 0.25) is 0 Å². The summed E-state index contributed by atoms with van der Waals surface area (Å²) >= 11 is 0. The van der Waals surface area contributed by atoms with E-state index >= 15 is 0 Å². The van der Waals surface area contributed by atoms with Crippen LogP contribution in [0.5, 0.6) is 5.75 Å². The van der Waals surface area contributed by atoms with Crippen LogP contribution in [-0.2, 0) is 0 Å². The van der Waals surface area contributed by atoms with Crippen LogP contribution in [0, 0.1) is 0 Å². The van der Waals surface area contributed by atoms with Gasteiger partial charge in [-0.1, -0.05) is 12.1 Å². The summed E-state index contributed by atoms with van der Waals surface area (Å²) in [5.41, 5.74) is 1.34. The minimum Gasteiger partial charge on any atom is -0.494 e. The Morgan fingerprint density at radius 3 is 2.29 bits per heavy atom. The molecule has 0 radical (unpaired) electrons. The molecule has 1 aliphatic rings. The monoisotopic (exact) mass is 290 g/mol. The molecule has 0 aliphatic carbocycles. The predicted octanol–water partition coefficient (Wildman–Crippen LogP) is 3.61. The number of hydrogen-bond acceptors (Lipinski definition) is 3. The van der Waals surface area contributed by atoms with Crippen molar-refractivity contribution in [2.24, 2.45) is 0 Å². The van der Waals surface area contributed by atoms with E-state index in [1.807, 2.05) is 6.92 Å². The van der Waals surface area contributed by atoms with Crippen molar-refractivity contribution in [3.63, 3.8) is 0 Å². The Hall–Kier alpha value is -1.06. The second-order valence-electron chi connectivity index (χ2n) is 6.29. The van der Waals surface area contributed by atoms with Crippen molar-refractivity contribution in [1.82, 2.24) is 10.2 Å². The van der Waals surface area contributed by atoms with Gasteiger partial charge in [-0.25, -0.2) is 0 Å². The third-order valence-corrected chi connectivity index (χ3v) is 4.44. The number of piperidine rings is 1. The Morgan fingerprint density at radius 1 is 1.14 bits per heavy atom. The van der Waals surface area contributed by atoms with Crippen molar-refractivity contribution < 1.29 is 4.74 Å². The molecule has 1 aromatic rings. The fourth-order valence-electron chi connectivity index (χ4n) is 3.05. The average molecular weight is 290 g/mol.